The van der Waals surface area contributed by atoms with Gasteiger partial charge in [-0.05, 0) is 120 Å². The average Bonchev–Trinajstić information content (AvgIpc) is 3.79. The predicted molar refractivity (Wildman–Crippen MR) is 252 cm³/mol. The Labute approximate surface area is 369 Å². The summed E-state index contributed by atoms with van der Waals surface area (Å²) in [4.78, 5) is 12.6. The van der Waals surface area contributed by atoms with Crippen molar-refractivity contribution in [3.8, 4) is 0 Å². The second-order valence-corrected chi connectivity index (χ2v) is 21.5. The number of unbranched alkanes of at least 4 members (excludes halogenated alkanes) is 2. The molecule has 0 bridgehead atoms. The predicted octanol–water partition coefficient (Wildman–Crippen LogP) is 10.5. The van der Waals surface area contributed by atoms with Gasteiger partial charge in [0.05, 0.1) is 16.9 Å². The number of hydrogen-bond acceptors (Lipinski definition) is 8. The fraction of sp³-hybridized carbons (Fsp3) is 0.327. The van der Waals surface area contributed by atoms with Gasteiger partial charge in [-0.1, -0.05) is 80.6 Å². The van der Waals surface area contributed by atoms with E-state index < -0.39 is 20.2 Å². The molecular weight excluding hydrogens is 837 g/mol. The fourth-order valence-corrected chi connectivity index (χ4v) is 11.8. The summed E-state index contributed by atoms with van der Waals surface area (Å²) >= 11 is 1.56. The Bertz CT molecular complexity index is 2950. The lowest BCUT2D eigenvalue weighted by Gasteiger charge is -2.27. The van der Waals surface area contributed by atoms with Crippen molar-refractivity contribution in [2.75, 3.05) is 29.5 Å². The number of hydrogen-bond donors (Lipinski definition) is 2. The highest BCUT2D eigenvalue weighted by Crippen LogP contribution is 2.52. The maximum Gasteiger partial charge on any atom is 0.264 e. The zero-order valence-electron chi connectivity index (χ0n) is 35.6. The van der Waals surface area contributed by atoms with E-state index in [9.17, 15) is 25.9 Å². The molecule has 4 aromatic carbocycles. The van der Waals surface area contributed by atoms with Crippen LogP contribution in [-0.4, -0.2) is 70.8 Å². The van der Waals surface area contributed by atoms with Gasteiger partial charge in [-0.25, -0.2) is 9.97 Å². The molecule has 8 rings (SSSR count). The molecule has 10 nitrogen and oxygen atoms in total. The lowest BCUT2D eigenvalue weighted by Crippen LogP contribution is -2.28. The van der Waals surface area contributed by atoms with E-state index in [0.717, 1.165) is 40.5 Å². The molecule has 0 amide bonds. The molecule has 3 heterocycles. The van der Waals surface area contributed by atoms with Crippen molar-refractivity contribution in [2.24, 2.45) is 0 Å². The highest BCUT2D eigenvalue weighted by Gasteiger charge is 2.46. The average molecular weight is 890 g/mol. The van der Waals surface area contributed by atoms with Crippen molar-refractivity contribution in [1.82, 2.24) is 9.97 Å². The number of anilines is 1. The van der Waals surface area contributed by atoms with Crippen LogP contribution in [0.2, 0.25) is 0 Å². The quantitative estimate of drug-likeness (QED) is 0.0452. The second-order valence-electron chi connectivity index (χ2n) is 17.4. The van der Waals surface area contributed by atoms with Gasteiger partial charge in [0, 0.05) is 64.8 Å². The van der Waals surface area contributed by atoms with Crippen LogP contribution in [0.1, 0.15) is 77.3 Å². The first kappa shape index (κ1) is 43.7. The monoisotopic (exact) mass is 889 g/mol. The summed E-state index contributed by atoms with van der Waals surface area (Å²) in [6.45, 7) is 10.2. The van der Waals surface area contributed by atoms with E-state index in [1.54, 1.807) is 24.2 Å². The Morgan fingerprint density at radius 1 is 0.710 bits per heavy atom. The molecular formula is C49H53N4O6S3+. The lowest BCUT2D eigenvalue weighted by atomic mass is 9.79. The molecule has 62 heavy (non-hydrogen) atoms. The molecule has 0 spiro atoms. The van der Waals surface area contributed by atoms with Crippen LogP contribution in [0.25, 0.3) is 21.5 Å². The maximum atomic E-state index is 11.6. The third-order valence-electron chi connectivity index (χ3n) is 12.4. The third kappa shape index (κ3) is 8.96. The van der Waals surface area contributed by atoms with Crippen LogP contribution in [0, 0.1) is 0 Å². The first-order chi connectivity index (χ1) is 29.5. The summed E-state index contributed by atoms with van der Waals surface area (Å²) < 4.78 is 67.6. The Morgan fingerprint density at radius 2 is 1.34 bits per heavy atom. The summed E-state index contributed by atoms with van der Waals surface area (Å²) in [6.07, 6.45) is 15.9. The topological polar surface area (TPSA) is 141 Å². The lowest BCUT2D eigenvalue weighted by molar-refractivity contribution is -0.438. The molecule has 322 valence electrons. The molecule has 0 saturated carbocycles. The van der Waals surface area contributed by atoms with E-state index >= 15 is 0 Å². The van der Waals surface area contributed by atoms with Gasteiger partial charge in [-0.3, -0.25) is 9.11 Å². The summed E-state index contributed by atoms with van der Waals surface area (Å²) in [5.74, 6) is -0.544. The summed E-state index contributed by atoms with van der Waals surface area (Å²) in [5.41, 5.74) is 8.52. The number of fused-ring (bicyclic) bond motifs is 6. The van der Waals surface area contributed by atoms with Gasteiger partial charge in [-0.15, -0.1) is 0 Å². The summed E-state index contributed by atoms with van der Waals surface area (Å²) in [7, 11) is -8.11. The van der Waals surface area contributed by atoms with Crippen LogP contribution >= 0.6 is 11.8 Å². The third-order valence-corrected chi connectivity index (χ3v) is 15.2. The molecule has 3 aliphatic rings. The molecule has 1 aliphatic carbocycles. The molecule has 0 saturated heterocycles. The standard InChI is InChI=1S/C49H52N4O6S3/c1-48(2)42(52(30-9-11-32-61(54,55)56)40-24-20-34-14-5-7-16-38(34)44(40)48)26-22-36-18-19-37(46(36)60-47-50-28-13-29-51-47)23-27-43-49(3,4)45-39-17-8-6-15-35(39)21-25-41(45)53(43)31-10-12-33-62(57,58)59/h5-8,13-17,20-29H,9-12,18-19,30-33H2,1-4H3,(H-,54,55,56,57,58,59)/p+1. The first-order valence-electron chi connectivity index (χ1n) is 21.2. The van der Waals surface area contributed by atoms with Crippen molar-refractivity contribution in [3.05, 3.63) is 148 Å². The Kier molecular flexibility index (Phi) is 12.2. The minimum atomic E-state index is -4.06. The summed E-state index contributed by atoms with van der Waals surface area (Å²) in [5, 5.41) is 5.36. The SMILES string of the molecule is CC1(C)C(=CC=C2CCC(C=CC3=[N+](CCCCS(=O)(=O)O)c4ccc5ccccc5c4C3(C)C)=C2Sc2ncccn2)N(CCCCS(=O)(=O)O)c2ccc3ccccc3c21. The van der Waals surface area contributed by atoms with Crippen LogP contribution in [0.3, 0.4) is 0 Å². The molecule has 0 radical (unpaired) electrons. The minimum absolute atomic E-state index is 0.272. The van der Waals surface area contributed by atoms with Crippen LogP contribution < -0.4 is 4.90 Å². The van der Waals surface area contributed by atoms with E-state index in [4.69, 9.17) is 0 Å². The number of rotatable bonds is 15. The van der Waals surface area contributed by atoms with E-state index in [1.165, 1.54) is 43.8 Å². The van der Waals surface area contributed by atoms with Crippen LogP contribution in [0.4, 0.5) is 11.4 Å². The van der Waals surface area contributed by atoms with Crippen molar-refractivity contribution in [1.29, 1.82) is 0 Å². The van der Waals surface area contributed by atoms with Gasteiger partial charge in [0.25, 0.3) is 20.2 Å². The van der Waals surface area contributed by atoms with Crippen LogP contribution in [0.5, 0.6) is 0 Å². The van der Waals surface area contributed by atoms with E-state index in [1.807, 2.05) is 6.07 Å². The number of benzene rings is 4. The van der Waals surface area contributed by atoms with Gasteiger partial charge in [0.2, 0.25) is 5.69 Å². The largest absolute Gasteiger partial charge is 0.344 e. The smallest absolute Gasteiger partial charge is 0.264 e. The number of allylic oxidation sites excluding steroid dienone is 7. The highest BCUT2D eigenvalue weighted by molar-refractivity contribution is 8.03. The summed E-state index contributed by atoms with van der Waals surface area (Å²) in [6, 6.07) is 27.3. The fourth-order valence-electron chi connectivity index (χ4n) is 9.60. The number of nitrogens with zero attached hydrogens (tertiary/aromatic N) is 4. The zero-order valence-corrected chi connectivity index (χ0v) is 38.0. The van der Waals surface area contributed by atoms with Crippen LogP contribution in [0.15, 0.2) is 142 Å². The maximum absolute atomic E-state index is 11.6. The number of aromatic nitrogens is 2. The van der Waals surface area contributed by atoms with E-state index in [2.05, 4.69) is 144 Å². The molecule has 2 aliphatic heterocycles. The molecule has 0 unspecified atom stereocenters. The van der Waals surface area contributed by atoms with Crippen molar-refractivity contribution in [2.45, 2.75) is 82.2 Å². The van der Waals surface area contributed by atoms with Gasteiger partial charge in [0.1, 0.15) is 6.54 Å². The number of thioether (sulfide) groups is 1. The van der Waals surface area contributed by atoms with Crippen molar-refractivity contribution < 1.29 is 30.5 Å². The molecule has 5 aromatic rings. The van der Waals surface area contributed by atoms with Gasteiger partial charge < -0.3 is 4.90 Å². The molecule has 0 fully saturated rings. The van der Waals surface area contributed by atoms with Gasteiger partial charge >= 0.3 is 0 Å². The molecule has 2 N–H and O–H groups in total. The molecule has 13 heteroatoms. The normalized spacial score (nSPS) is 18.6. The molecule has 1 aromatic heterocycles. The van der Waals surface area contributed by atoms with E-state index in [0.29, 0.717) is 43.9 Å². The second kappa shape index (κ2) is 17.3. The van der Waals surface area contributed by atoms with Crippen LogP contribution in [-0.2, 0) is 31.1 Å². The van der Waals surface area contributed by atoms with Crippen molar-refractivity contribution in [3.63, 3.8) is 0 Å². The first-order valence-corrected chi connectivity index (χ1v) is 25.2. The Balaban J connectivity index is 1.20. The van der Waals surface area contributed by atoms with Gasteiger partial charge in [-0.2, -0.15) is 21.4 Å². The van der Waals surface area contributed by atoms with Crippen molar-refractivity contribution >= 4 is 70.6 Å². The zero-order chi connectivity index (χ0) is 43.9. The highest BCUT2D eigenvalue weighted by atomic mass is 32.2. The Hall–Kier alpha value is -4.92. The van der Waals surface area contributed by atoms with Gasteiger partial charge in [0.15, 0.2) is 10.9 Å². The van der Waals surface area contributed by atoms with E-state index in [-0.39, 0.29) is 22.3 Å². The minimum Gasteiger partial charge on any atom is -0.344 e. The Morgan fingerprint density at radius 3 is 2.02 bits per heavy atom. The molecule has 0 atom stereocenters.